The lowest BCUT2D eigenvalue weighted by molar-refractivity contribution is 0.0177. The molecule has 0 bridgehead atoms. The molecular formula is C17H15N3O2. The lowest BCUT2D eigenvalue weighted by Crippen LogP contribution is -2.56. The number of hydrogen-bond acceptors (Lipinski definition) is 3. The van der Waals surface area contributed by atoms with E-state index < -0.39 is 0 Å². The quantitative estimate of drug-likeness (QED) is 0.744. The summed E-state index contributed by atoms with van der Waals surface area (Å²) in [6.45, 7) is 1.22. The number of rotatable bonds is 3. The van der Waals surface area contributed by atoms with Crippen LogP contribution in [0.2, 0.25) is 0 Å². The predicted molar refractivity (Wildman–Crippen MR) is 82.0 cm³/mol. The summed E-state index contributed by atoms with van der Waals surface area (Å²) in [5.74, 6) is 0.795. The number of aromatic nitrogens is 2. The van der Waals surface area contributed by atoms with Crippen molar-refractivity contribution < 1.29 is 9.53 Å². The van der Waals surface area contributed by atoms with E-state index >= 15 is 0 Å². The minimum Gasteiger partial charge on any atom is -0.485 e. The lowest BCUT2D eigenvalue weighted by atomic mass is 10.1. The van der Waals surface area contributed by atoms with Crippen LogP contribution in [0.15, 0.2) is 61.2 Å². The van der Waals surface area contributed by atoms with Crippen molar-refractivity contribution in [2.45, 2.75) is 6.10 Å². The number of amides is 1. The molecule has 1 aliphatic rings. The van der Waals surface area contributed by atoms with Gasteiger partial charge in [-0.2, -0.15) is 0 Å². The third-order valence-corrected chi connectivity index (χ3v) is 3.82. The fourth-order valence-electron chi connectivity index (χ4n) is 2.64. The molecular weight excluding hydrogens is 278 g/mol. The number of pyridine rings is 2. The van der Waals surface area contributed by atoms with Crippen molar-refractivity contribution in [2.75, 3.05) is 13.1 Å². The van der Waals surface area contributed by atoms with E-state index in [1.807, 2.05) is 53.2 Å². The van der Waals surface area contributed by atoms with Crippen LogP contribution in [0.3, 0.4) is 0 Å². The Hall–Kier alpha value is -2.82. The van der Waals surface area contributed by atoms with Crippen LogP contribution in [-0.2, 0) is 0 Å². The summed E-state index contributed by atoms with van der Waals surface area (Å²) >= 11 is 0. The van der Waals surface area contributed by atoms with Crippen molar-refractivity contribution in [3.63, 3.8) is 0 Å². The van der Waals surface area contributed by atoms with E-state index in [4.69, 9.17) is 4.74 Å². The van der Waals surface area contributed by atoms with E-state index in [1.165, 1.54) is 0 Å². The molecule has 0 unspecified atom stereocenters. The highest BCUT2D eigenvalue weighted by Gasteiger charge is 2.33. The molecule has 0 spiro atoms. The molecule has 22 heavy (non-hydrogen) atoms. The molecule has 0 atom stereocenters. The maximum Gasteiger partial charge on any atom is 0.255 e. The molecule has 0 aliphatic carbocycles. The first-order valence-corrected chi connectivity index (χ1v) is 7.22. The Balaban J connectivity index is 1.41. The Kier molecular flexibility index (Phi) is 3.04. The Morgan fingerprint density at radius 2 is 2.14 bits per heavy atom. The first-order chi connectivity index (χ1) is 10.8. The van der Waals surface area contributed by atoms with Gasteiger partial charge in [-0.3, -0.25) is 9.78 Å². The van der Waals surface area contributed by atoms with Crippen LogP contribution in [0.1, 0.15) is 10.4 Å². The lowest BCUT2D eigenvalue weighted by Gasteiger charge is -2.38. The predicted octanol–water partition coefficient (Wildman–Crippen LogP) is 2.24. The highest BCUT2D eigenvalue weighted by Crippen LogP contribution is 2.20. The van der Waals surface area contributed by atoms with Crippen molar-refractivity contribution in [1.82, 2.24) is 14.3 Å². The third kappa shape index (κ3) is 2.30. The van der Waals surface area contributed by atoms with Gasteiger partial charge in [-0.1, -0.05) is 6.07 Å². The molecule has 4 heterocycles. The smallest absolute Gasteiger partial charge is 0.255 e. The SMILES string of the molecule is O=C(c1cc2ccccn2c1)N1CC(Oc2cccnc2)C1. The Morgan fingerprint density at radius 3 is 2.91 bits per heavy atom. The molecule has 0 radical (unpaired) electrons. The number of likely N-dealkylation sites (tertiary alicyclic amines) is 1. The second kappa shape index (κ2) is 5.18. The Morgan fingerprint density at radius 1 is 1.23 bits per heavy atom. The minimum absolute atomic E-state index is 0.0465. The molecule has 5 heteroatoms. The number of fused-ring (bicyclic) bond motifs is 1. The van der Waals surface area contributed by atoms with Crippen LogP contribution < -0.4 is 4.74 Å². The summed E-state index contributed by atoms with van der Waals surface area (Å²) in [4.78, 5) is 18.3. The van der Waals surface area contributed by atoms with E-state index in [0.29, 0.717) is 18.7 Å². The van der Waals surface area contributed by atoms with Crippen molar-refractivity contribution in [3.8, 4) is 5.75 Å². The molecule has 1 saturated heterocycles. The van der Waals surface area contributed by atoms with E-state index in [-0.39, 0.29) is 12.0 Å². The third-order valence-electron chi connectivity index (χ3n) is 3.82. The highest BCUT2D eigenvalue weighted by molar-refractivity contribution is 5.96. The fraction of sp³-hybridized carbons (Fsp3) is 0.176. The second-order valence-corrected chi connectivity index (χ2v) is 5.40. The van der Waals surface area contributed by atoms with Gasteiger partial charge in [0.1, 0.15) is 11.9 Å². The van der Waals surface area contributed by atoms with Gasteiger partial charge in [-0.05, 0) is 30.3 Å². The molecule has 0 N–H and O–H groups in total. The number of ether oxygens (including phenoxy) is 1. The van der Waals surface area contributed by atoms with Gasteiger partial charge < -0.3 is 14.0 Å². The standard InChI is InChI=1S/C17H15N3O2/c21-17(13-8-14-4-1-2-7-19(14)10-13)20-11-16(12-20)22-15-5-3-6-18-9-15/h1-10,16H,11-12H2. The van der Waals surface area contributed by atoms with E-state index in [1.54, 1.807) is 17.3 Å². The molecule has 5 nitrogen and oxygen atoms in total. The first-order valence-electron chi connectivity index (χ1n) is 7.22. The fourth-order valence-corrected chi connectivity index (χ4v) is 2.64. The Labute approximate surface area is 127 Å². The van der Waals surface area contributed by atoms with Gasteiger partial charge in [-0.15, -0.1) is 0 Å². The molecule has 1 fully saturated rings. The van der Waals surface area contributed by atoms with Gasteiger partial charge in [0, 0.05) is 24.1 Å². The summed E-state index contributed by atoms with van der Waals surface area (Å²) in [6, 6.07) is 11.5. The van der Waals surface area contributed by atoms with Gasteiger partial charge in [0.05, 0.1) is 24.8 Å². The topological polar surface area (TPSA) is 46.8 Å². The van der Waals surface area contributed by atoms with Crippen LogP contribution in [0.4, 0.5) is 0 Å². The molecule has 110 valence electrons. The van der Waals surface area contributed by atoms with Gasteiger partial charge >= 0.3 is 0 Å². The average molecular weight is 293 g/mol. The zero-order valence-electron chi connectivity index (χ0n) is 11.9. The summed E-state index contributed by atoms with van der Waals surface area (Å²) in [6.07, 6.45) is 7.25. The second-order valence-electron chi connectivity index (χ2n) is 5.40. The summed E-state index contributed by atoms with van der Waals surface area (Å²) in [5.41, 5.74) is 1.74. The zero-order valence-corrected chi connectivity index (χ0v) is 11.9. The van der Waals surface area contributed by atoms with Crippen molar-refractivity contribution in [2.24, 2.45) is 0 Å². The average Bonchev–Trinajstić information content (AvgIpc) is 2.95. The molecule has 4 rings (SSSR count). The Bertz CT molecular complexity index is 774. The molecule has 1 amide bonds. The largest absolute Gasteiger partial charge is 0.485 e. The number of nitrogens with zero attached hydrogens (tertiary/aromatic N) is 3. The van der Waals surface area contributed by atoms with Gasteiger partial charge in [0.15, 0.2) is 0 Å². The van der Waals surface area contributed by atoms with Crippen LogP contribution >= 0.6 is 0 Å². The van der Waals surface area contributed by atoms with Crippen LogP contribution in [-0.4, -0.2) is 39.4 Å². The summed E-state index contributed by atoms with van der Waals surface area (Å²) in [5, 5.41) is 0. The van der Waals surface area contributed by atoms with Crippen LogP contribution in [0.5, 0.6) is 5.75 Å². The first kappa shape index (κ1) is 12.9. The maximum absolute atomic E-state index is 12.4. The van der Waals surface area contributed by atoms with Gasteiger partial charge in [0.25, 0.3) is 5.91 Å². The van der Waals surface area contributed by atoms with E-state index in [2.05, 4.69) is 4.98 Å². The maximum atomic E-state index is 12.4. The highest BCUT2D eigenvalue weighted by atomic mass is 16.5. The van der Waals surface area contributed by atoms with Crippen molar-refractivity contribution in [1.29, 1.82) is 0 Å². The number of carbonyl (C=O) groups excluding carboxylic acids is 1. The number of carbonyl (C=O) groups is 1. The van der Waals surface area contributed by atoms with E-state index in [9.17, 15) is 4.79 Å². The van der Waals surface area contributed by atoms with Crippen LogP contribution in [0.25, 0.3) is 5.52 Å². The van der Waals surface area contributed by atoms with E-state index in [0.717, 1.165) is 11.3 Å². The minimum atomic E-state index is 0.0465. The summed E-state index contributed by atoms with van der Waals surface area (Å²) < 4.78 is 7.72. The van der Waals surface area contributed by atoms with Gasteiger partial charge in [-0.25, -0.2) is 0 Å². The summed E-state index contributed by atoms with van der Waals surface area (Å²) in [7, 11) is 0. The molecule has 1 aliphatic heterocycles. The number of hydrogen-bond donors (Lipinski definition) is 0. The zero-order chi connectivity index (χ0) is 14.9. The van der Waals surface area contributed by atoms with Crippen LogP contribution in [0, 0.1) is 0 Å². The van der Waals surface area contributed by atoms with Gasteiger partial charge in [0.2, 0.25) is 0 Å². The normalized spacial score (nSPS) is 14.8. The molecule has 0 saturated carbocycles. The molecule has 0 aromatic carbocycles. The van der Waals surface area contributed by atoms with Crippen molar-refractivity contribution in [3.05, 3.63) is 66.7 Å². The molecule has 3 aromatic rings. The van der Waals surface area contributed by atoms with Crippen molar-refractivity contribution >= 4 is 11.4 Å². The monoisotopic (exact) mass is 293 g/mol. The molecule has 3 aromatic heterocycles.